The Kier molecular flexibility index (Phi) is 67.9. The molecule has 0 rings (SSSR count). The summed E-state index contributed by atoms with van der Waals surface area (Å²) in [5.41, 5.74) is 0. The summed E-state index contributed by atoms with van der Waals surface area (Å²) in [6.07, 6.45) is 65.3. The van der Waals surface area contributed by atoms with Gasteiger partial charge in [-0.1, -0.05) is 308 Å². The Morgan fingerprint density at radius 3 is 0.845 bits per heavy atom. The Morgan fingerprint density at radius 2 is 0.557 bits per heavy atom. The number of rotatable bonds is 74. The first-order chi connectivity index (χ1) is 47.0. The Bertz CT molecular complexity index is 2050. The zero-order chi connectivity index (χ0) is 71.2. The van der Waals surface area contributed by atoms with Gasteiger partial charge < -0.3 is 33.8 Å². The number of hydrogen-bond acceptors (Lipinski definition) is 15. The van der Waals surface area contributed by atoms with Gasteiger partial charge in [0.1, 0.15) is 19.3 Å². The molecule has 0 amide bonds. The molecule has 5 atom stereocenters. The van der Waals surface area contributed by atoms with Crippen molar-refractivity contribution in [1.29, 1.82) is 0 Å². The molecule has 568 valence electrons. The van der Waals surface area contributed by atoms with E-state index < -0.39 is 97.5 Å². The van der Waals surface area contributed by atoms with Crippen molar-refractivity contribution in [2.24, 2.45) is 5.92 Å². The normalized spacial score (nSPS) is 14.2. The molecule has 0 aliphatic carbocycles. The summed E-state index contributed by atoms with van der Waals surface area (Å²) in [7, 11) is -9.94. The molecule has 0 heterocycles. The molecule has 0 fully saturated rings. The van der Waals surface area contributed by atoms with Crippen LogP contribution in [0.25, 0.3) is 0 Å². The molecule has 0 saturated carbocycles. The lowest BCUT2D eigenvalue weighted by molar-refractivity contribution is -0.161. The first kappa shape index (κ1) is 94.0. The van der Waals surface area contributed by atoms with Crippen LogP contribution in [0.15, 0.2) is 48.6 Å². The van der Waals surface area contributed by atoms with Gasteiger partial charge in [0.05, 0.1) is 26.4 Å². The lowest BCUT2D eigenvalue weighted by atomic mass is 10.0. The van der Waals surface area contributed by atoms with E-state index in [1.54, 1.807) is 0 Å². The minimum absolute atomic E-state index is 0.0784. The van der Waals surface area contributed by atoms with E-state index in [0.717, 1.165) is 128 Å². The van der Waals surface area contributed by atoms with Gasteiger partial charge in [0.25, 0.3) is 0 Å². The SMILES string of the molecule is CCCCCC/C=C\C=C/CCCCCCCC(=O)OC[C@H](COP(=O)(O)OC[C@@H](O)COP(=O)(O)OC[C@@H](COC(=O)CCCCCCCCCCCCC(C)C)OC(=O)CCCCCCCCCCCCCCCC)OC(=O)CCCCCCC/C=C\C=C/CCCCCC. The van der Waals surface area contributed by atoms with Crippen LogP contribution in [0.5, 0.6) is 0 Å². The molecule has 0 aromatic rings. The second-order valence-corrected chi connectivity index (χ2v) is 30.1. The molecule has 0 aromatic heterocycles. The molecular formula is C78H144O17P2. The molecular weight excluding hydrogens is 1270 g/mol. The number of phosphoric acid groups is 2. The lowest BCUT2D eigenvalue weighted by Gasteiger charge is -2.21. The average Bonchev–Trinajstić information content (AvgIpc) is 1.35. The summed E-state index contributed by atoms with van der Waals surface area (Å²) in [4.78, 5) is 72.9. The maximum Gasteiger partial charge on any atom is 0.472 e. The maximum atomic E-state index is 13.1. The summed E-state index contributed by atoms with van der Waals surface area (Å²) in [6.45, 7) is 7.17. The molecule has 19 heteroatoms. The third-order valence-corrected chi connectivity index (χ3v) is 18.9. The van der Waals surface area contributed by atoms with Crippen LogP contribution in [0.2, 0.25) is 0 Å². The van der Waals surface area contributed by atoms with E-state index >= 15 is 0 Å². The molecule has 97 heavy (non-hydrogen) atoms. The van der Waals surface area contributed by atoms with E-state index in [2.05, 4.69) is 83.2 Å². The fourth-order valence-electron chi connectivity index (χ4n) is 11.0. The van der Waals surface area contributed by atoms with Gasteiger partial charge >= 0.3 is 39.5 Å². The fraction of sp³-hybridized carbons (Fsp3) is 0.846. The van der Waals surface area contributed by atoms with Crippen LogP contribution >= 0.6 is 15.6 Å². The number of carbonyl (C=O) groups excluding carboxylic acids is 4. The van der Waals surface area contributed by atoms with Crippen LogP contribution in [0.3, 0.4) is 0 Å². The average molecular weight is 1420 g/mol. The van der Waals surface area contributed by atoms with Crippen molar-refractivity contribution in [2.75, 3.05) is 39.6 Å². The van der Waals surface area contributed by atoms with Crippen molar-refractivity contribution >= 4 is 39.5 Å². The largest absolute Gasteiger partial charge is 0.472 e. The molecule has 0 spiro atoms. The monoisotopic (exact) mass is 1410 g/mol. The predicted molar refractivity (Wildman–Crippen MR) is 395 cm³/mol. The third kappa shape index (κ3) is 71.2. The Labute approximate surface area is 591 Å². The highest BCUT2D eigenvalue weighted by Crippen LogP contribution is 2.45. The highest BCUT2D eigenvalue weighted by molar-refractivity contribution is 7.47. The van der Waals surface area contributed by atoms with E-state index in [4.69, 9.17) is 37.0 Å². The number of allylic oxidation sites excluding steroid dienone is 8. The first-order valence-corrected chi connectivity index (χ1v) is 42.3. The van der Waals surface area contributed by atoms with Gasteiger partial charge in [-0.2, -0.15) is 0 Å². The number of aliphatic hydroxyl groups excluding tert-OH is 1. The van der Waals surface area contributed by atoms with E-state index in [1.165, 1.54) is 154 Å². The van der Waals surface area contributed by atoms with Crippen LogP contribution < -0.4 is 0 Å². The van der Waals surface area contributed by atoms with Crippen LogP contribution in [0.4, 0.5) is 0 Å². The predicted octanol–water partition coefficient (Wildman–Crippen LogP) is 22.4. The Morgan fingerprint density at radius 1 is 0.320 bits per heavy atom. The molecule has 17 nitrogen and oxygen atoms in total. The van der Waals surface area contributed by atoms with Gasteiger partial charge in [-0.05, 0) is 83.0 Å². The first-order valence-electron chi connectivity index (χ1n) is 39.3. The zero-order valence-electron chi connectivity index (χ0n) is 62.2. The number of unbranched alkanes of at least 4 members (excludes halogenated alkanes) is 40. The molecule has 0 radical (unpaired) electrons. The standard InChI is InChI=1S/C78H144O17P2/c1-6-9-12-15-18-21-24-27-30-33-35-41-46-51-56-61-75(80)88-67-73(94-78(83)64-59-54-49-44-37-34-31-28-25-22-19-16-13-10-7-2)69-92-96(84,85)90-65-72(79)66-91-97(86,87)93-70-74(68-89-76(81)62-57-52-47-42-39-38-40-45-50-55-60-71(4)5)95-77(82)63-58-53-48-43-36-32-29-26-23-20-17-14-11-8-3/h21-22,24-25,27-28,30-31,71-74,79H,6-20,23,26,29,32-70H2,1-5H3,(H,84,85)(H,86,87)/b24-21-,25-22-,30-27-,31-28-/t72-,73-,74-/m1/s1. The van der Waals surface area contributed by atoms with Crippen molar-refractivity contribution in [1.82, 2.24) is 0 Å². The molecule has 0 bridgehead atoms. The molecule has 2 unspecified atom stereocenters. The summed E-state index contributed by atoms with van der Waals surface area (Å²) < 4.78 is 68.5. The number of carbonyl (C=O) groups is 4. The van der Waals surface area contributed by atoms with Crippen LogP contribution in [0, 0.1) is 5.92 Å². The highest BCUT2D eigenvalue weighted by atomic mass is 31.2. The molecule has 3 N–H and O–H groups in total. The summed E-state index contributed by atoms with van der Waals surface area (Å²) in [6, 6.07) is 0. The minimum atomic E-state index is -4.97. The van der Waals surface area contributed by atoms with E-state index in [0.29, 0.717) is 25.7 Å². The maximum absolute atomic E-state index is 13.1. The van der Waals surface area contributed by atoms with Crippen molar-refractivity contribution in [3.05, 3.63) is 48.6 Å². The zero-order valence-corrected chi connectivity index (χ0v) is 64.0. The Hall–Kier alpha value is -2.98. The molecule has 0 aromatic carbocycles. The fourth-order valence-corrected chi connectivity index (χ4v) is 12.6. The topological polar surface area (TPSA) is 237 Å². The number of ether oxygens (including phenoxy) is 4. The number of hydrogen-bond donors (Lipinski definition) is 3. The minimum Gasteiger partial charge on any atom is -0.462 e. The lowest BCUT2D eigenvalue weighted by Crippen LogP contribution is -2.30. The second kappa shape index (κ2) is 70.1. The Balaban J connectivity index is 5.34. The van der Waals surface area contributed by atoms with Gasteiger partial charge in [0.15, 0.2) is 12.2 Å². The quantitative estimate of drug-likeness (QED) is 0.0169. The van der Waals surface area contributed by atoms with Gasteiger partial charge in [-0.3, -0.25) is 37.3 Å². The van der Waals surface area contributed by atoms with Crippen LogP contribution in [0.1, 0.15) is 362 Å². The second-order valence-electron chi connectivity index (χ2n) is 27.2. The highest BCUT2D eigenvalue weighted by Gasteiger charge is 2.30. The van der Waals surface area contributed by atoms with Crippen molar-refractivity contribution in [3.8, 4) is 0 Å². The summed E-state index contributed by atoms with van der Waals surface area (Å²) in [5, 5.41) is 10.6. The van der Waals surface area contributed by atoms with Gasteiger partial charge in [-0.15, -0.1) is 0 Å². The van der Waals surface area contributed by atoms with Gasteiger partial charge in [0, 0.05) is 25.7 Å². The molecule has 0 aliphatic heterocycles. The third-order valence-electron chi connectivity index (χ3n) is 17.0. The molecule has 0 saturated heterocycles. The van der Waals surface area contributed by atoms with E-state index in [9.17, 15) is 43.2 Å². The molecule has 0 aliphatic rings. The van der Waals surface area contributed by atoms with Gasteiger partial charge in [0.2, 0.25) is 0 Å². The number of esters is 4. The van der Waals surface area contributed by atoms with Crippen LogP contribution in [-0.2, 0) is 65.4 Å². The van der Waals surface area contributed by atoms with Crippen molar-refractivity contribution in [2.45, 2.75) is 380 Å². The van der Waals surface area contributed by atoms with Crippen molar-refractivity contribution < 1.29 is 80.2 Å². The van der Waals surface area contributed by atoms with Gasteiger partial charge in [-0.25, -0.2) is 9.13 Å². The van der Waals surface area contributed by atoms with Crippen molar-refractivity contribution in [3.63, 3.8) is 0 Å². The number of aliphatic hydroxyl groups is 1. The summed E-state index contributed by atoms with van der Waals surface area (Å²) >= 11 is 0. The number of phosphoric ester groups is 2. The van der Waals surface area contributed by atoms with E-state index in [-0.39, 0.29) is 25.7 Å². The van der Waals surface area contributed by atoms with E-state index in [1.807, 2.05) is 0 Å². The smallest absolute Gasteiger partial charge is 0.462 e. The summed E-state index contributed by atoms with van der Waals surface area (Å²) in [5.74, 6) is -1.42. The van der Waals surface area contributed by atoms with Crippen LogP contribution in [-0.4, -0.2) is 96.7 Å².